The van der Waals surface area contributed by atoms with E-state index in [1.165, 1.54) is 27.0 Å². The molecule has 0 atom stereocenters. The highest BCUT2D eigenvalue weighted by molar-refractivity contribution is 9.10. The van der Waals surface area contributed by atoms with Gasteiger partial charge in [-0.05, 0) is 26.0 Å². The van der Waals surface area contributed by atoms with Crippen molar-refractivity contribution in [3.05, 3.63) is 28.0 Å². The van der Waals surface area contributed by atoms with Crippen LogP contribution in [0.15, 0.2) is 16.6 Å². The van der Waals surface area contributed by atoms with Crippen molar-refractivity contribution in [2.45, 2.75) is 19.4 Å². The van der Waals surface area contributed by atoms with Crippen LogP contribution in [-0.2, 0) is 5.60 Å². The Morgan fingerprint density at radius 1 is 1.43 bits per heavy atom. The third-order valence-corrected chi connectivity index (χ3v) is 2.55. The van der Waals surface area contributed by atoms with E-state index in [1.807, 2.05) is 0 Å². The van der Waals surface area contributed by atoms with Gasteiger partial charge in [-0.1, -0.05) is 15.9 Å². The number of halogens is 2. The summed E-state index contributed by atoms with van der Waals surface area (Å²) in [7, 11) is 1.39. The van der Waals surface area contributed by atoms with E-state index in [1.54, 1.807) is 6.07 Å². The van der Waals surface area contributed by atoms with Gasteiger partial charge in [0, 0.05) is 10.0 Å². The topological polar surface area (TPSA) is 29.5 Å². The second-order valence-corrected chi connectivity index (χ2v) is 4.35. The first kappa shape index (κ1) is 11.5. The van der Waals surface area contributed by atoms with E-state index in [9.17, 15) is 9.50 Å². The number of rotatable bonds is 2. The summed E-state index contributed by atoms with van der Waals surface area (Å²) >= 11 is 3.19. The Labute approximate surface area is 90.8 Å². The lowest BCUT2D eigenvalue weighted by atomic mass is 9.97. The summed E-state index contributed by atoms with van der Waals surface area (Å²) in [6.45, 7) is 3.05. The maximum Gasteiger partial charge on any atom is 0.172 e. The highest BCUT2D eigenvalue weighted by Gasteiger charge is 2.25. The van der Waals surface area contributed by atoms with Crippen LogP contribution in [0.25, 0.3) is 0 Å². The first-order valence-corrected chi connectivity index (χ1v) is 4.92. The Morgan fingerprint density at radius 3 is 2.43 bits per heavy atom. The van der Waals surface area contributed by atoms with Crippen LogP contribution >= 0.6 is 15.9 Å². The maximum atomic E-state index is 13.7. The third-order valence-electron chi connectivity index (χ3n) is 1.89. The number of methoxy groups -OCH3 is 1. The molecule has 1 N–H and O–H groups in total. The first-order valence-electron chi connectivity index (χ1n) is 4.12. The quantitative estimate of drug-likeness (QED) is 0.889. The molecule has 0 fully saturated rings. The Kier molecular flexibility index (Phi) is 3.17. The highest BCUT2D eigenvalue weighted by Crippen LogP contribution is 2.34. The van der Waals surface area contributed by atoms with Crippen molar-refractivity contribution in [3.63, 3.8) is 0 Å². The predicted octanol–water partition coefficient (Wildman–Crippen LogP) is 2.82. The van der Waals surface area contributed by atoms with Gasteiger partial charge in [0.1, 0.15) is 0 Å². The van der Waals surface area contributed by atoms with Crippen molar-refractivity contribution >= 4 is 15.9 Å². The normalized spacial score (nSPS) is 11.6. The van der Waals surface area contributed by atoms with E-state index in [2.05, 4.69) is 15.9 Å². The molecule has 0 aliphatic carbocycles. The summed E-state index contributed by atoms with van der Waals surface area (Å²) in [6.07, 6.45) is 0. The number of benzene rings is 1. The molecule has 1 aromatic rings. The molecule has 0 saturated heterocycles. The number of ether oxygens (including phenoxy) is 1. The summed E-state index contributed by atoms with van der Waals surface area (Å²) in [5.74, 6) is -0.403. The van der Waals surface area contributed by atoms with Crippen molar-refractivity contribution in [3.8, 4) is 5.75 Å². The minimum absolute atomic E-state index is 0.130. The lowest BCUT2D eigenvalue weighted by Gasteiger charge is -2.21. The fourth-order valence-corrected chi connectivity index (χ4v) is 2.04. The average Bonchev–Trinajstić information content (AvgIpc) is 2.02. The van der Waals surface area contributed by atoms with Crippen molar-refractivity contribution in [1.82, 2.24) is 0 Å². The largest absolute Gasteiger partial charge is 0.494 e. The fraction of sp³-hybridized carbons (Fsp3) is 0.400. The van der Waals surface area contributed by atoms with Crippen molar-refractivity contribution in [2.75, 3.05) is 7.11 Å². The van der Waals surface area contributed by atoms with Gasteiger partial charge in [0.05, 0.1) is 12.7 Å². The molecule has 0 aliphatic rings. The van der Waals surface area contributed by atoms with E-state index in [0.29, 0.717) is 4.47 Å². The van der Waals surface area contributed by atoms with Gasteiger partial charge in [0.15, 0.2) is 11.6 Å². The molecule has 0 aliphatic heterocycles. The Balaban J connectivity index is 3.40. The van der Waals surface area contributed by atoms with E-state index in [4.69, 9.17) is 4.74 Å². The monoisotopic (exact) mass is 262 g/mol. The van der Waals surface area contributed by atoms with Gasteiger partial charge in [-0.2, -0.15) is 0 Å². The summed E-state index contributed by atoms with van der Waals surface area (Å²) in [5, 5.41) is 9.75. The van der Waals surface area contributed by atoms with Crippen LogP contribution in [0.4, 0.5) is 4.39 Å². The van der Waals surface area contributed by atoms with Gasteiger partial charge in [-0.3, -0.25) is 0 Å². The van der Waals surface area contributed by atoms with Crippen molar-refractivity contribution < 1.29 is 14.2 Å². The predicted molar refractivity (Wildman–Crippen MR) is 55.9 cm³/mol. The molecule has 0 unspecified atom stereocenters. The molecule has 0 saturated carbocycles. The van der Waals surface area contributed by atoms with Gasteiger partial charge in [-0.15, -0.1) is 0 Å². The molecular weight excluding hydrogens is 251 g/mol. The van der Waals surface area contributed by atoms with E-state index < -0.39 is 11.4 Å². The van der Waals surface area contributed by atoms with E-state index in [-0.39, 0.29) is 11.3 Å². The minimum atomic E-state index is -1.24. The summed E-state index contributed by atoms with van der Waals surface area (Å²) in [4.78, 5) is 0. The van der Waals surface area contributed by atoms with Gasteiger partial charge in [-0.25, -0.2) is 4.39 Å². The van der Waals surface area contributed by atoms with Gasteiger partial charge in [0.25, 0.3) is 0 Å². The third kappa shape index (κ3) is 2.07. The van der Waals surface area contributed by atoms with Crippen LogP contribution in [0.1, 0.15) is 19.4 Å². The zero-order valence-corrected chi connectivity index (χ0v) is 9.85. The summed E-state index contributed by atoms with van der Waals surface area (Å²) in [6, 6.07) is 3.16. The van der Waals surface area contributed by atoms with Crippen molar-refractivity contribution in [1.29, 1.82) is 0 Å². The summed E-state index contributed by atoms with van der Waals surface area (Å²) < 4.78 is 19.1. The van der Waals surface area contributed by atoms with E-state index >= 15 is 0 Å². The molecule has 14 heavy (non-hydrogen) atoms. The summed E-state index contributed by atoms with van der Waals surface area (Å²) in [5.41, 5.74) is -1.03. The van der Waals surface area contributed by atoms with Crippen LogP contribution in [0, 0.1) is 5.82 Å². The Hall–Kier alpha value is -0.610. The van der Waals surface area contributed by atoms with E-state index in [0.717, 1.165) is 0 Å². The minimum Gasteiger partial charge on any atom is -0.494 e. The first-order chi connectivity index (χ1) is 6.38. The zero-order valence-electron chi connectivity index (χ0n) is 8.27. The number of aliphatic hydroxyl groups is 1. The lowest BCUT2D eigenvalue weighted by Crippen LogP contribution is -2.18. The smallest absolute Gasteiger partial charge is 0.172 e. The SMILES string of the molecule is COc1ccc(Br)c(C(C)(C)O)c1F. The molecule has 0 radical (unpaired) electrons. The molecule has 0 heterocycles. The Bertz CT molecular complexity index is 345. The second kappa shape index (κ2) is 3.87. The van der Waals surface area contributed by atoms with Crippen LogP contribution in [0.3, 0.4) is 0 Å². The van der Waals surface area contributed by atoms with Gasteiger partial charge >= 0.3 is 0 Å². The zero-order chi connectivity index (χ0) is 10.9. The molecule has 78 valence electrons. The maximum absolute atomic E-state index is 13.7. The number of hydrogen-bond donors (Lipinski definition) is 1. The second-order valence-electron chi connectivity index (χ2n) is 3.50. The van der Waals surface area contributed by atoms with Crippen LogP contribution in [0.2, 0.25) is 0 Å². The molecule has 0 aromatic heterocycles. The molecule has 4 heteroatoms. The molecular formula is C10H12BrFO2. The molecule has 1 aromatic carbocycles. The molecule has 1 rings (SSSR count). The van der Waals surface area contributed by atoms with Crippen molar-refractivity contribution in [2.24, 2.45) is 0 Å². The van der Waals surface area contributed by atoms with Gasteiger partial charge in [0.2, 0.25) is 0 Å². The average molecular weight is 263 g/mol. The van der Waals surface area contributed by atoms with Gasteiger partial charge < -0.3 is 9.84 Å². The lowest BCUT2D eigenvalue weighted by molar-refractivity contribution is 0.0731. The van der Waals surface area contributed by atoms with Crippen LogP contribution in [-0.4, -0.2) is 12.2 Å². The highest BCUT2D eigenvalue weighted by atomic mass is 79.9. The molecule has 0 amide bonds. The van der Waals surface area contributed by atoms with Crippen LogP contribution < -0.4 is 4.74 Å². The fourth-order valence-electron chi connectivity index (χ4n) is 1.25. The Morgan fingerprint density at radius 2 is 2.00 bits per heavy atom. The number of hydrogen-bond acceptors (Lipinski definition) is 2. The molecule has 0 spiro atoms. The molecule has 2 nitrogen and oxygen atoms in total. The standard InChI is InChI=1S/C10H12BrFO2/c1-10(2,13)8-6(11)4-5-7(14-3)9(8)12/h4-5,13H,1-3H3. The molecule has 0 bridgehead atoms. The van der Waals surface area contributed by atoms with Crippen LogP contribution in [0.5, 0.6) is 5.75 Å².